The maximum Gasteiger partial charge on any atom is 0.137 e. The van der Waals surface area contributed by atoms with Gasteiger partial charge in [-0.15, -0.1) is 0 Å². The van der Waals surface area contributed by atoms with Crippen molar-refractivity contribution in [2.24, 2.45) is 0 Å². The average Bonchev–Trinajstić information content (AvgIpc) is 2.54. The summed E-state index contributed by atoms with van der Waals surface area (Å²) in [6.07, 6.45) is 1.40. The fourth-order valence-corrected chi connectivity index (χ4v) is 1.82. The van der Waals surface area contributed by atoms with Crippen LogP contribution in [0.3, 0.4) is 0 Å². The molecule has 0 amide bonds. The molecular formula is C11H15N3O. The molecule has 0 saturated carbocycles. The summed E-state index contributed by atoms with van der Waals surface area (Å²) in [5.41, 5.74) is 2.61. The Hall–Kier alpha value is -1.39. The maximum absolute atomic E-state index is 9.96. The zero-order valence-corrected chi connectivity index (χ0v) is 8.94. The van der Waals surface area contributed by atoms with Crippen molar-refractivity contribution >= 4 is 5.65 Å². The van der Waals surface area contributed by atoms with Crippen molar-refractivity contribution in [1.82, 2.24) is 14.7 Å². The van der Waals surface area contributed by atoms with Crippen molar-refractivity contribution in [3.05, 3.63) is 35.8 Å². The molecule has 4 heteroatoms. The van der Waals surface area contributed by atoms with Crippen LogP contribution in [0.1, 0.15) is 17.5 Å². The number of hydrogen-bond donors (Lipinski definition) is 2. The number of aliphatic hydroxyl groups is 1. The zero-order chi connectivity index (χ0) is 10.8. The average molecular weight is 205 g/mol. The van der Waals surface area contributed by atoms with Crippen LogP contribution in [0.2, 0.25) is 0 Å². The standard InChI is InChI=1S/C11H15N3O/c1-8-11(9(15)7-12-2)14-6-4-3-5-10(14)13-8/h3-6,9,12,15H,7H2,1-2H3. The number of nitrogens with zero attached hydrogens (tertiary/aromatic N) is 2. The Bertz CT molecular complexity index is 464. The fraction of sp³-hybridized carbons (Fsp3) is 0.364. The van der Waals surface area contributed by atoms with Crippen LogP contribution in [0, 0.1) is 6.92 Å². The van der Waals surface area contributed by atoms with E-state index in [2.05, 4.69) is 10.3 Å². The molecule has 0 fully saturated rings. The van der Waals surface area contributed by atoms with Gasteiger partial charge in [0.1, 0.15) is 11.8 Å². The van der Waals surface area contributed by atoms with Crippen molar-refractivity contribution in [2.75, 3.05) is 13.6 Å². The predicted molar refractivity (Wildman–Crippen MR) is 58.8 cm³/mol. The Morgan fingerprint density at radius 3 is 3.07 bits per heavy atom. The van der Waals surface area contributed by atoms with E-state index in [0.29, 0.717) is 6.54 Å². The molecule has 0 radical (unpaired) electrons. The molecule has 0 aliphatic carbocycles. The van der Waals surface area contributed by atoms with Crippen LogP contribution >= 0.6 is 0 Å². The van der Waals surface area contributed by atoms with Crippen LogP contribution in [0.25, 0.3) is 5.65 Å². The van der Waals surface area contributed by atoms with Crippen molar-refractivity contribution in [2.45, 2.75) is 13.0 Å². The largest absolute Gasteiger partial charge is 0.385 e. The van der Waals surface area contributed by atoms with Crippen molar-refractivity contribution in [3.63, 3.8) is 0 Å². The van der Waals surface area contributed by atoms with Crippen molar-refractivity contribution in [3.8, 4) is 0 Å². The summed E-state index contributed by atoms with van der Waals surface area (Å²) in [7, 11) is 1.82. The minimum Gasteiger partial charge on any atom is -0.385 e. The smallest absolute Gasteiger partial charge is 0.137 e. The Labute approximate surface area is 88.6 Å². The van der Waals surface area contributed by atoms with E-state index in [1.165, 1.54) is 0 Å². The number of aliphatic hydroxyl groups excluding tert-OH is 1. The van der Waals surface area contributed by atoms with Gasteiger partial charge in [-0.1, -0.05) is 6.07 Å². The van der Waals surface area contributed by atoms with E-state index >= 15 is 0 Å². The summed E-state index contributed by atoms with van der Waals surface area (Å²) in [6.45, 7) is 2.45. The van der Waals surface area contributed by atoms with E-state index in [4.69, 9.17) is 0 Å². The minimum atomic E-state index is -0.521. The molecule has 0 bridgehead atoms. The lowest BCUT2D eigenvalue weighted by atomic mass is 10.2. The number of imidazole rings is 1. The summed E-state index contributed by atoms with van der Waals surface area (Å²) >= 11 is 0. The van der Waals surface area contributed by atoms with Gasteiger partial charge in [-0.3, -0.25) is 0 Å². The van der Waals surface area contributed by atoms with Crippen LogP contribution in [0.4, 0.5) is 0 Å². The van der Waals surface area contributed by atoms with Gasteiger partial charge in [-0.05, 0) is 26.1 Å². The van der Waals surface area contributed by atoms with Gasteiger partial charge in [-0.25, -0.2) is 4.98 Å². The quantitative estimate of drug-likeness (QED) is 0.782. The second-order valence-corrected chi connectivity index (χ2v) is 3.58. The number of pyridine rings is 1. The van der Waals surface area contributed by atoms with Crippen LogP contribution in [-0.2, 0) is 0 Å². The van der Waals surface area contributed by atoms with Crippen LogP contribution in [-0.4, -0.2) is 28.1 Å². The molecular weight excluding hydrogens is 190 g/mol. The summed E-state index contributed by atoms with van der Waals surface area (Å²) in [5, 5.41) is 12.9. The highest BCUT2D eigenvalue weighted by Crippen LogP contribution is 2.18. The van der Waals surface area contributed by atoms with Crippen molar-refractivity contribution < 1.29 is 5.11 Å². The van der Waals surface area contributed by atoms with Crippen LogP contribution in [0.15, 0.2) is 24.4 Å². The molecule has 0 saturated heterocycles. The molecule has 0 aliphatic heterocycles. The highest BCUT2D eigenvalue weighted by molar-refractivity contribution is 5.43. The van der Waals surface area contributed by atoms with E-state index in [1.807, 2.05) is 42.8 Å². The molecule has 1 unspecified atom stereocenters. The van der Waals surface area contributed by atoms with E-state index in [-0.39, 0.29) is 0 Å². The molecule has 2 heterocycles. The molecule has 0 spiro atoms. The van der Waals surface area contributed by atoms with Gasteiger partial charge < -0.3 is 14.8 Å². The Morgan fingerprint density at radius 2 is 2.33 bits per heavy atom. The molecule has 0 aliphatic rings. The number of rotatable bonds is 3. The molecule has 2 N–H and O–H groups in total. The minimum absolute atomic E-state index is 0.521. The van der Waals surface area contributed by atoms with E-state index in [9.17, 15) is 5.11 Å². The predicted octanol–water partition coefficient (Wildman–Crippen LogP) is 0.896. The topological polar surface area (TPSA) is 49.6 Å². The fourth-order valence-electron chi connectivity index (χ4n) is 1.82. The van der Waals surface area contributed by atoms with E-state index in [1.54, 1.807) is 0 Å². The van der Waals surface area contributed by atoms with Gasteiger partial charge in [0.2, 0.25) is 0 Å². The number of aromatic nitrogens is 2. The number of nitrogens with one attached hydrogen (secondary N) is 1. The molecule has 2 aromatic rings. The van der Waals surface area contributed by atoms with Gasteiger partial charge in [0, 0.05) is 12.7 Å². The summed E-state index contributed by atoms with van der Waals surface area (Å²) < 4.78 is 1.93. The summed E-state index contributed by atoms with van der Waals surface area (Å²) in [4.78, 5) is 4.39. The first-order chi connectivity index (χ1) is 7.24. The van der Waals surface area contributed by atoms with E-state index < -0.39 is 6.10 Å². The molecule has 2 aromatic heterocycles. The van der Waals surface area contributed by atoms with Gasteiger partial charge in [0.05, 0.1) is 11.4 Å². The van der Waals surface area contributed by atoms with Crippen LogP contribution in [0.5, 0.6) is 0 Å². The number of fused-ring (bicyclic) bond motifs is 1. The zero-order valence-electron chi connectivity index (χ0n) is 8.94. The summed E-state index contributed by atoms with van der Waals surface area (Å²) in [6, 6.07) is 5.81. The lowest BCUT2D eigenvalue weighted by Gasteiger charge is -2.10. The highest BCUT2D eigenvalue weighted by atomic mass is 16.3. The monoisotopic (exact) mass is 205 g/mol. The summed E-state index contributed by atoms with van der Waals surface area (Å²) in [5.74, 6) is 0. The van der Waals surface area contributed by atoms with Gasteiger partial charge in [0.25, 0.3) is 0 Å². The third-order valence-corrected chi connectivity index (χ3v) is 2.46. The number of aryl methyl sites for hydroxylation is 1. The normalized spacial score (nSPS) is 13.3. The number of likely N-dealkylation sites (N-methyl/N-ethyl adjacent to an activating group) is 1. The first-order valence-corrected chi connectivity index (χ1v) is 5.00. The molecule has 0 aromatic carbocycles. The lowest BCUT2D eigenvalue weighted by Crippen LogP contribution is -2.18. The Balaban J connectivity index is 2.53. The first-order valence-electron chi connectivity index (χ1n) is 5.00. The van der Waals surface area contributed by atoms with Crippen LogP contribution < -0.4 is 5.32 Å². The highest BCUT2D eigenvalue weighted by Gasteiger charge is 2.15. The molecule has 15 heavy (non-hydrogen) atoms. The third-order valence-electron chi connectivity index (χ3n) is 2.46. The first kappa shape index (κ1) is 10.1. The molecule has 80 valence electrons. The Morgan fingerprint density at radius 1 is 1.53 bits per heavy atom. The molecule has 1 atom stereocenters. The van der Waals surface area contributed by atoms with Gasteiger partial charge in [-0.2, -0.15) is 0 Å². The molecule has 4 nitrogen and oxygen atoms in total. The SMILES string of the molecule is CNCC(O)c1c(C)nc2ccccn12. The van der Waals surface area contributed by atoms with Crippen molar-refractivity contribution in [1.29, 1.82) is 0 Å². The van der Waals surface area contributed by atoms with E-state index in [0.717, 1.165) is 17.0 Å². The molecule has 2 rings (SSSR count). The van der Waals surface area contributed by atoms with Gasteiger partial charge >= 0.3 is 0 Å². The second kappa shape index (κ2) is 4.00. The second-order valence-electron chi connectivity index (χ2n) is 3.58. The third kappa shape index (κ3) is 1.73. The Kier molecular flexibility index (Phi) is 2.70. The number of hydrogen-bond acceptors (Lipinski definition) is 3. The van der Waals surface area contributed by atoms with Gasteiger partial charge in [0.15, 0.2) is 0 Å². The maximum atomic E-state index is 9.96. The lowest BCUT2D eigenvalue weighted by molar-refractivity contribution is 0.171.